The average molecular weight is 404 g/mol. The minimum absolute atomic E-state index is 0.0401. The Morgan fingerprint density at radius 1 is 1.17 bits per heavy atom. The monoisotopic (exact) mass is 404 g/mol. The van der Waals surface area contributed by atoms with Crippen molar-refractivity contribution in [1.82, 2.24) is 19.7 Å². The van der Waals surface area contributed by atoms with E-state index in [2.05, 4.69) is 38.6 Å². The second kappa shape index (κ2) is 6.97. The molecule has 146 valence electrons. The number of carbonyl (C=O) groups excluding carboxylic acids is 1. The zero-order valence-electron chi connectivity index (χ0n) is 16.2. The van der Waals surface area contributed by atoms with Crippen LogP contribution in [0.15, 0.2) is 48.8 Å². The average Bonchev–Trinajstić information content (AvgIpc) is 3.40. The topological polar surface area (TPSA) is 75.9 Å². The maximum atomic E-state index is 13.0. The van der Waals surface area contributed by atoms with Gasteiger partial charge in [0.25, 0.3) is 5.91 Å². The van der Waals surface area contributed by atoms with Gasteiger partial charge in [0, 0.05) is 24.5 Å². The van der Waals surface area contributed by atoms with Crippen LogP contribution >= 0.6 is 11.3 Å². The van der Waals surface area contributed by atoms with Gasteiger partial charge in [-0.05, 0) is 25.0 Å². The van der Waals surface area contributed by atoms with Crippen LogP contribution in [0.3, 0.4) is 0 Å². The first-order chi connectivity index (χ1) is 14.1. The maximum Gasteiger partial charge on any atom is 0.250 e. The van der Waals surface area contributed by atoms with E-state index in [1.807, 2.05) is 38.2 Å². The number of nitrogens with one attached hydrogen (secondary N) is 1. The normalized spacial score (nSPS) is 16.7. The van der Waals surface area contributed by atoms with Gasteiger partial charge in [0.1, 0.15) is 28.8 Å². The molecule has 1 fully saturated rings. The Labute approximate surface area is 172 Å². The molecule has 1 aromatic carbocycles. The molecule has 0 spiro atoms. The van der Waals surface area contributed by atoms with Crippen molar-refractivity contribution in [1.29, 1.82) is 0 Å². The Bertz CT molecular complexity index is 1200. The maximum absolute atomic E-state index is 13.0. The number of aryl methyl sites for hydroxylation is 2. The van der Waals surface area contributed by atoms with E-state index in [9.17, 15) is 4.79 Å². The van der Waals surface area contributed by atoms with Gasteiger partial charge in [-0.1, -0.05) is 30.3 Å². The minimum Gasteiger partial charge on any atom is -0.358 e. The summed E-state index contributed by atoms with van der Waals surface area (Å²) in [4.78, 5) is 25.7. The van der Waals surface area contributed by atoms with E-state index in [4.69, 9.17) is 0 Å². The largest absolute Gasteiger partial charge is 0.358 e. The molecule has 5 rings (SSSR count). The molecule has 1 unspecified atom stereocenters. The quantitative estimate of drug-likeness (QED) is 0.562. The van der Waals surface area contributed by atoms with Gasteiger partial charge in [-0.3, -0.25) is 14.4 Å². The Hall–Kier alpha value is -3.26. The van der Waals surface area contributed by atoms with Crippen molar-refractivity contribution >= 4 is 39.1 Å². The highest BCUT2D eigenvalue weighted by molar-refractivity contribution is 7.21. The smallest absolute Gasteiger partial charge is 0.250 e. The van der Waals surface area contributed by atoms with Gasteiger partial charge < -0.3 is 5.32 Å². The van der Waals surface area contributed by atoms with Gasteiger partial charge in [0.05, 0.1) is 11.1 Å². The number of thiophene rings is 1. The number of anilines is 2. The third kappa shape index (κ3) is 3.15. The molecule has 0 aliphatic carbocycles. The molecule has 1 aliphatic rings. The number of nitrogens with zero attached hydrogens (tertiary/aromatic N) is 5. The predicted octanol–water partition coefficient (Wildman–Crippen LogP) is 3.62. The summed E-state index contributed by atoms with van der Waals surface area (Å²) < 4.78 is 1.75. The SMILES string of the molecule is Cc1cc(N2CCC(Nc3ncnc4sc(-c5ccccc5)cc34)C2=O)n(C)n1. The third-order valence-electron chi connectivity index (χ3n) is 5.16. The van der Waals surface area contributed by atoms with Crippen LogP contribution in [0.2, 0.25) is 0 Å². The van der Waals surface area contributed by atoms with E-state index >= 15 is 0 Å². The summed E-state index contributed by atoms with van der Waals surface area (Å²) in [6.45, 7) is 2.58. The molecule has 1 saturated heterocycles. The molecule has 1 atom stereocenters. The third-order valence-corrected chi connectivity index (χ3v) is 6.25. The fourth-order valence-corrected chi connectivity index (χ4v) is 4.78. The number of aromatic nitrogens is 4. The summed E-state index contributed by atoms with van der Waals surface area (Å²) in [6.07, 6.45) is 2.27. The Kier molecular flexibility index (Phi) is 4.28. The van der Waals surface area contributed by atoms with Crippen molar-refractivity contribution in [3.63, 3.8) is 0 Å². The van der Waals surface area contributed by atoms with Crippen LogP contribution in [-0.4, -0.2) is 38.2 Å². The van der Waals surface area contributed by atoms with E-state index in [1.165, 1.54) is 0 Å². The molecular weight excluding hydrogens is 384 g/mol. The predicted molar refractivity (Wildman–Crippen MR) is 115 cm³/mol. The lowest BCUT2D eigenvalue weighted by Gasteiger charge is -2.17. The zero-order valence-corrected chi connectivity index (χ0v) is 17.0. The van der Waals surface area contributed by atoms with Crippen molar-refractivity contribution in [2.75, 3.05) is 16.8 Å². The first-order valence-electron chi connectivity index (χ1n) is 9.48. The summed E-state index contributed by atoms with van der Waals surface area (Å²) in [6, 6.07) is 13.9. The standard InChI is InChI=1S/C21H20N6OS/c1-13-10-18(26(2)25-13)27-9-8-16(21(27)28)24-19-15-11-17(14-6-4-3-5-7-14)29-20(15)23-12-22-19/h3-7,10-12,16H,8-9H2,1-2H3,(H,22,23,24). The summed E-state index contributed by atoms with van der Waals surface area (Å²) in [5.41, 5.74) is 2.05. The molecule has 3 aromatic heterocycles. The van der Waals surface area contributed by atoms with Crippen LogP contribution in [-0.2, 0) is 11.8 Å². The summed E-state index contributed by atoms with van der Waals surface area (Å²) in [7, 11) is 1.86. The molecule has 0 saturated carbocycles. The highest BCUT2D eigenvalue weighted by Crippen LogP contribution is 2.35. The molecular formula is C21H20N6OS. The van der Waals surface area contributed by atoms with Gasteiger partial charge in [0.15, 0.2) is 0 Å². The number of benzene rings is 1. The second-order valence-corrected chi connectivity index (χ2v) is 8.19. The molecule has 1 amide bonds. The fraction of sp³-hybridized carbons (Fsp3) is 0.238. The number of hydrogen-bond acceptors (Lipinski definition) is 6. The van der Waals surface area contributed by atoms with Crippen LogP contribution in [0.1, 0.15) is 12.1 Å². The summed E-state index contributed by atoms with van der Waals surface area (Å²) in [5, 5.41) is 8.66. The Balaban J connectivity index is 1.43. The Morgan fingerprint density at radius 2 is 2.00 bits per heavy atom. The van der Waals surface area contributed by atoms with Gasteiger partial charge in [-0.15, -0.1) is 11.3 Å². The molecule has 8 heteroatoms. The van der Waals surface area contributed by atoms with Gasteiger partial charge in [0.2, 0.25) is 0 Å². The lowest BCUT2D eigenvalue weighted by atomic mass is 10.2. The number of hydrogen-bond donors (Lipinski definition) is 1. The summed E-state index contributed by atoms with van der Waals surface area (Å²) >= 11 is 1.63. The van der Waals surface area contributed by atoms with Crippen molar-refractivity contribution in [3.8, 4) is 10.4 Å². The number of fused-ring (bicyclic) bond motifs is 1. The molecule has 4 heterocycles. The highest BCUT2D eigenvalue weighted by atomic mass is 32.1. The van der Waals surface area contributed by atoms with Crippen LogP contribution in [0.4, 0.5) is 11.6 Å². The van der Waals surface area contributed by atoms with Crippen LogP contribution in [0.25, 0.3) is 20.7 Å². The minimum atomic E-state index is -0.316. The lowest BCUT2D eigenvalue weighted by molar-refractivity contribution is -0.117. The van der Waals surface area contributed by atoms with E-state index in [1.54, 1.807) is 27.2 Å². The van der Waals surface area contributed by atoms with Gasteiger partial charge in [-0.2, -0.15) is 5.10 Å². The van der Waals surface area contributed by atoms with Crippen LogP contribution in [0, 0.1) is 6.92 Å². The second-order valence-electron chi connectivity index (χ2n) is 7.16. The number of carbonyl (C=O) groups is 1. The first kappa shape index (κ1) is 17.8. The Morgan fingerprint density at radius 3 is 2.76 bits per heavy atom. The van der Waals surface area contributed by atoms with Gasteiger partial charge >= 0.3 is 0 Å². The highest BCUT2D eigenvalue weighted by Gasteiger charge is 2.34. The molecule has 0 bridgehead atoms. The van der Waals surface area contributed by atoms with E-state index in [-0.39, 0.29) is 11.9 Å². The van der Waals surface area contributed by atoms with Crippen LogP contribution < -0.4 is 10.2 Å². The number of rotatable bonds is 4. The van der Waals surface area contributed by atoms with Gasteiger partial charge in [-0.25, -0.2) is 9.97 Å². The van der Waals surface area contributed by atoms with Crippen molar-refractivity contribution < 1.29 is 4.79 Å². The van der Waals surface area contributed by atoms with Crippen molar-refractivity contribution in [2.45, 2.75) is 19.4 Å². The molecule has 4 aromatic rings. The van der Waals surface area contributed by atoms with Crippen LogP contribution in [0.5, 0.6) is 0 Å². The van der Waals surface area contributed by atoms with E-state index in [0.717, 1.165) is 32.2 Å². The molecule has 29 heavy (non-hydrogen) atoms. The zero-order chi connectivity index (χ0) is 20.0. The van der Waals surface area contributed by atoms with Crippen molar-refractivity contribution in [2.24, 2.45) is 7.05 Å². The lowest BCUT2D eigenvalue weighted by Crippen LogP contribution is -2.34. The van der Waals surface area contributed by atoms with E-state index in [0.29, 0.717) is 18.8 Å². The molecule has 0 radical (unpaired) electrons. The molecule has 7 nitrogen and oxygen atoms in total. The molecule has 1 N–H and O–H groups in total. The number of amides is 1. The van der Waals surface area contributed by atoms with Crippen molar-refractivity contribution in [3.05, 3.63) is 54.5 Å². The summed E-state index contributed by atoms with van der Waals surface area (Å²) in [5.74, 6) is 1.57. The first-order valence-corrected chi connectivity index (χ1v) is 10.3. The van der Waals surface area contributed by atoms with E-state index < -0.39 is 0 Å². The molecule has 1 aliphatic heterocycles. The fourth-order valence-electron chi connectivity index (χ4n) is 3.77.